The molecule has 1 saturated heterocycles. The van der Waals surface area contributed by atoms with Crippen LogP contribution < -0.4 is 4.90 Å². The second kappa shape index (κ2) is 7.08. The summed E-state index contributed by atoms with van der Waals surface area (Å²) in [6.07, 6.45) is 2.92. The number of anilines is 1. The van der Waals surface area contributed by atoms with Gasteiger partial charge in [-0.1, -0.05) is 25.5 Å². The van der Waals surface area contributed by atoms with E-state index in [0.29, 0.717) is 24.2 Å². The Morgan fingerprint density at radius 2 is 1.74 bits per heavy atom. The van der Waals surface area contributed by atoms with Crippen LogP contribution in [-0.4, -0.2) is 60.3 Å². The molecule has 12 heteroatoms. The predicted octanol–water partition coefficient (Wildman–Crippen LogP) is 4.22. The minimum absolute atomic E-state index is 0.119. The lowest BCUT2D eigenvalue weighted by Gasteiger charge is -2.41. The summed E-state index contributed by atoms with van der Waals surface area (Å²) in [4.78, 5) is 31.5. The van der Waals surface area contributed by atoms with E-state index in [1.807, 2.05) is 0 Å². The number of pyridine rings is 1. The molecule has 0 aliphatic carbocycles. The van der Waals surface area contributed by atoms with E-state index in [9.17, 15) is 29.0 Å². The number of rotatable bonds is 5. The lowest BCUT2D eigenvalue weighted by atomic mass is 10.0. The molecule has 2 heterocycles. The molecule has 2 aromatic rings. The van der Waals surface area contributed by atoms with E-state index >= 15 is 0 Å². The van der Waals surface area contributed by atoms with Crippen molar-refractivity contribution in [1.82, 2.24) is 14.8 Å². The van der Waals surface area contributed by atoms with Gasteiger partial charge in [0.2, 0.25) is 5.91 Å². The van der Waals surface area contributed by atoms with Gasteiger partial charge in [0, 0.05) is 50.8 Å². The number of likely N-dealkylation sites (N-methyl/N-ethyl adjacent to an activating group) is 2. The highest BCUT2D eigenvalue weighted by atomic mass is 32.5. The number of hydrogen-bond donors (Lipinski definition) is 0. The van der Waals surface area contributed by atoms with Crippen molar-refractivity contribution in [1.29, 1.82) is 0 Å². The van der Waals surface area contributed by atoms with Crippen molar-refractivity contribution in [3.8, 4) is 0 Å². The van der Waals surface area contributed by atoms with E-state index in [2.05, 4.69) is 4.98 Å². The zero-order valence-corrected chi connectivity index (χ0v) is 17.5. The number of carbonyl (C=O) groups excluding carboxylic acids is 2. The summed E-state index contributed by atoms with van der Waals surface area (Å²) in [7, 11) is -6.72. The molecule has 3 rings (SSSR count). The SMILES string of the molecule is CN1CCN(C(=O)C(c2cccnc2)N(C)c2ccc(S(F)(F)(F)(F)F)cc2)CC1=O. The summed E-state index contributed by atoms with van der Waals surface area (Å²) in [6.45, 7) is 0.491. The van der Waals surface area contributed by atoms with E-state index in [4.69, 9.17) is 0 Å². The van der Waals surface area contributed by atoms with Crippen LogP contribution in [0.5, 0.6) is 0 Å². The van der Waals surface area contributed by atoms with Gasteiger partial charge in [-0.25, -0.2) is 0 Å². The Bertz CT molecular complexity index is 987. The lowest BCUT2D eigenvalue weighted by Crippen LogP contribution is -2.53. The van der Waals surface area contributed by atoms with E-state index in [1.165, 1.54) is 34.1 Å². The van der Waals surface area contributed by atoms with Crippen LogP contribution in [0.15, 0.2) is 53.7 Å². The zero-order chi connectivity index (χ0) is 23.1. The third-order valence-corrected chi connectivity index (χ3v) is 6.24. The maximum Gasteiger partial charge on any atom is 0.310 e. The first-order valence-electron chi connectivity index (χ1n) is 9.17. The lowest BCUT2D eigenvalue weighted by molar-refractivity contribution is -0.145. The molecule has 0 saturated carbocycles. The van der Waals surface area contributed by atoms with Crippen LogP contribution in [-0.2, 0) is 9.59 Å². The van der Waals surface area contributed by atoms with Crippen molar-refractivity contribution in [2.75, 3.05) is 38.6 Å². The van der Waals surface area contributed by atoms with Crippen molar-refractivity contribution >= 4 is 27.7 Å². The molecule has 0 radical (unpaired) electrons. The molecule has 170 valence electrons. The van der Waals surface area contributed by atoms with Gasteiger partial charge in [-0.2, -0.15) is 0 Å². The Balaban J connectivity index is 1.95. The fraction of sp³-hybridized carbons (Fsp3) is 0.316. The van der Waals surface area contributed by atoms with Crippen LogP contribution in [0.4, 0.5) is 25.1 Å². The Morgan fingerprint density at radius 3 is 2.26 bits per heavy atom. The van der Waals surface area contributed by atoms with Crippen LogP contribution in [0.3, 0.4) is 0 Å². The van der Waals surface area contributed by atoms with Crippen molar-refractivity contribution in [2.45, 2.75) is 10.9 Å². The van der Waals surface area contributed by atoms with Crippen molar-refractivity contribution < 1.29 is 29.0 Å². The number of hydrogen-bond acceptors (Lipinski definition) is 4. The highest BCUT2D eigenvalue weighted by Crippen LogP contribution is 3.02. The number of carbonyl (C=O) groups is 2. The van der Waals surface area contributed by atoms with Crippen molar-refractivity contribution in [3.63, 3.8) is 0 Å². The number of halogens is 5. The van der Waals surface area contributed by atoms with Gasteiger partial charge in [0.1, 0.15) is 10.9 Å². The summed E-state index contributed by atoms with van der Waals surface area (Å²) in [5.74, 6) is -0.693. The fourth-order valence-corrected chi connectivity index (χ4v) is 3.93. The molecule has 31 heavy (non-hydrogen) atoms. The van der Waals surface area contributed by atoms with Gasteiger partial charge < -0.3 is 14.7 Å². The maximum absolute atomic E-state index is 13.3. The van der Waals surface area contributed by atoms with E-state index in [1.54, 1.807) is 19.2 Å². The topological polar surface area (TPSA) is 56.8 Å². The third-order valence-electron chi connectivity index (χ3n) is 5.08. The molecule has 1 aromatic heterocycles. The first kappa shape index (κ1) is 22.8. The second-order valence-corrected chi connectivity index (χ2v) is 9.75. The molecule has 1 fully saturated rings. The number of aromatic nitrogens is 1. The fourth-order valence-electron chi connectivity index (χ4n) is 3.28. The van der Waals surface area contributed by atoms with E-state index in [-0.39, 0.29) is 24.7 Å². The molecule has 0 N–H and O–H groups in total. The van der Waals surface area contributed by atoms with Crippen molar-refractivity contribution in [3.05, 3.63) is 54.4 Å². The average Bonchev–Trinajstić information content (AvgIpc) is 2.69. The number of nitrogens with zero attached hydrogens (tertiary/aromatic N) is 4. The summed E-state index contributed by atoms with van der Waals surface area (Å²) >= 11 is 0. The summed E-state index contributed by atoms with van der Waals surface area (Å²) < 4.78 is 65.1. The Hall–Kier alpha value is -2.89. The molecular formula is C19H21F5N4O2S. The van der Waals surface area contributed by atoms with Gasteiger partial charge in [-0.05, 0) is 30.3 Å². The summed E-state index contributed by atoms with van der Waals surface area (Å²) in [5, 5.41) is 0. The highest BCUT2D eigenvalue weighted by molar-refractivity contribution is 8.45. The zero-order valence-electron chi connectivity index (χ0n) is 16.7. The number of amides is 2. The predicted molar refractivity (Wildman–Crippen MR) is 107 cm³/mol. The van der Waals surface area contributed by atoms with Gasteiger partial charge in [0.25, 0.3) is 5.91 Å². The molecule has 1 unspecified atom stereocenters. The second-order valence-electron chi connectivity index (χ2n) is 7.34. The van der Waals surface area contributed by atoms with Gasteiger partial charge >= 0.3 is 10.2 Å². The molecule has 0 bridgehead atoms. The van der Waals surface area contributed by atoms with Crippen LogP contribution in [0.1, 0.15) is 11.6 Å². The molecule has 0 spiro atoms. The van der Waals surface area contributed by atoms with Gasteiger partial charge in [-0.3, -0.25) is 14.6 Å². The molecule has 2 amide bonds. The first-order valence-corrected chi connectivity index (χ1v) is 11.1. The summed E-state index contributed by atoms with van der Waals surface area (Å²) in [6, 6.07) is 4.58. The van der Waals surface area contributed by atoms with Gasteiger partial charge in [0.15, 0.2) is 0 Å². The van der Waals surface area contributed by atoms with Gasteiger partial charge in [-0.15, -0.1) is 0 Å². The monoisotopic (exact) mass is 464 g/mol. The molecule has 1 aromatic carbocycles. The Kier molecular flexibility index (Phi) is 5.20. The molecule has 1 aliphatic heterocycles. The van der Waals surface area contributed by atoms with Crippen LogP contribution >= 0.6 is 10.2 Å². The van der Waals surface area contributed by atoms with Crippen LogP contribution in [0.2, 0.25) is 0 Å². The summed E-state index contributed by atoms with van der Waals surface area (Å²) in [5.41, 5.74) is 0.562. The van der Waals surface area contributed by atoms with Gasteiger partial charge in [0.05, 0.1) is 6.54 Å². The normalized spacial score (nSPS) is 18.2. The average molecular weight is 464 g/mol. The molecule has 1 aliphatic rings. The quantitative estimate of drug-likeness (QED) is 0.622. The minimum atomic E-state index is -9.80. The van der Waals surface area contributed by atoms with Crippen LogP contribution in [0, 0.1) is 0 Å². The molecule has 6 nitrogen and oxygen atoms in total. The number of benzene rings is 1. The van der Waals surface area contributed by atoms with Crippen molar-refractivity contribution in [2.24, 2.45) is 0 Å². The van der Waals surface area contributed by atoms with Crippen LogP contribution in [0.25, 0.3) is 0 Å². The Labute approximate surface area is 176 Å². The number of piperazine rings is 1. The molecular weight excluding hydrogens is 443 g/mol. The highest BCUT2D eigenvalue weighted by Gasteiger charge is 2.65. The largest absolute Gasteiger partial charge is 0.359 e. The van der Waals surface area contributed by atoms with E-state index < -0.39 is 27.1 Å². The smallest absolute Gasteiger partial charge is 0.310 e. The minimum Gasteiger partial charge on any atom is -0.359 e. The standard InChI is InChI=1S/C19H21F5N4O2S/c1-26-10-11-28(13-17(26)29)19(30)18(14-4-3-9-25-12-14)27(2)15-5-7-16(8-6-15)31(20,21,22,23)24/h3-9,12,18H,10-11,13H2,1-2H3. The third kappa shape index (κ3) is 5.06. The first-order chi connectivity index (χ1) is 14.2. The van der Waals surface area contributed by atoms with E-state index in [0.717, 1.165) is 12.1 Å². The Morgan fingerprint density at radius 1 is 1.10 bits per heavy atom. The molecule has 1 atom stereocenters. The maximum atomic E-state index is 13.3.